The fourth-order valence-corrected chi connectivity index (χ4v) is 3.14. The van der Waals surface area contributed by atoms with Crippen LogP contribution < -0.4 is 10.6 Å². The Bertz CT molecular complexity index is 639. The molecule has 0 unspecified atom stereocenters. The molecule has 0 heterocycles. The Balaban J connectivity index is 1.40. The van der Waals surface area contributed by atoms with Crippen LogP contribution in [0.4, 0.5) is 5.69 Å². The molecule has 2 N–H and O–H groups in total. The average molecular weight is 308 g/mol. The van der Waals surface area contributed by atoms with Crippen molar-refractivity contribution in [2.45, 2.75) is 38.6 Å². The molecule has 1 amide bonds. The number of aryl methyl sites for hydroxylation is 1. The molecule has 23 heavy (non-hydrogen) atoms. The highest BCUT2D eigenvalue weighted by molar-refractivity contribution is 5.90. The fourth-order valence-electron chi connectivity index (χ4n) is 3.14. The number of amides is 1. The van der Waals surface area contributed by atoms with Crippen LogP contribution >= 0.6 is 0 Å². The van der Waals surface area contributed by atoms with E-state index in [0.717, 1.165) is 31.5 Å². The molecular formula is C20H24N2O. The Labute approximate surface area is 138 Å². The SMILES string of the molecule is CCc1ccc(NC(=O)CCNC2Cc3ccccc3C2)cc1. The van der Waals surface area contributed by atoms with Gasteiger partial charge < -0.3 is 10.6 Å². The third-order valence-corrected chi connectivity index (χ3v) is 4.48. The zero-order valence-corrected chi connectivity index (χ0v) is 13.6. The number of fused-ring (bicyclic) bond motifs is 1. The molecule has 0 radical (unpaired) electrons. The van der Waals surface area contributed by atoms with Gasteiger partial charge in [-0.1, -0.05) is 43.3 Å². The highest BCUT2D eigenvalue weighted by Gasteiger charge is 2.20. The zero-order chi connectivity index (χ0) is 16.1. The first-order valence-corrected chi connectivity index (χ1v) is 8.43. The largest absolute Gasteiger partial charge is 0.326 e. The molecule has 0 fully saturated rings. The summed E-state index contributed by atoms with van der Waals surface area (Å²) < 4.78 is 0. The molecule has 2 aromatic rings. The van der Waals surface area contributed by atoms with Gasteiger partial charge in [-0.3, -0.25) is 4.79 Å². The summed E-state index contributed by atoms with van der Waals surface area (Å²) in [4.78, 5) is 12.0. The van der Waals surface area contributed by atoms with Crippen LogP contribution in [-0.4, -0.2) is 18.5 Å². The van der Waals surface area contributed by atoms with E-state index >= 15 is 0 Å². The maximum Gasteiger partial charge on any atom is 0.225 e. The summed E-state index contributed by atoms with van der Waals surface area (Å²) in [5, 5.41) is 6.46. The van der Waals surface area contributed by atoms with Crippen LogP contribution in [0.2, 0.25) is 0 Å². The van der Waals surface area contributed by atoms with E-state index in [1.807, 2.05) is 12.1 Å². The van der Waals surface area contributed by atoms with E-state index in [4.69, 9.17) is 0 Å². The van der Waals surface area contributed by atoms with Gasteiger partial charge in [0.25, 0.3) is 0 Å². The molecule has 0 bridgehead atoms. The molecule has 1 aliphatic carbocycles. The molecule has 1 aliphatic rings. The van der Waals surface area contributed by atoms with E-state index < -0.39 is 0 Å². The second-order valence-electron chi connectivity index (χ2n) is 6.18. The number of nitrogens with one attached hydrogen (secondary N) is 2. The maximum absolute atomic E-state index is 12.0. The third kappa shape index (κ3) is 4.20. The van der Waals surface area contributed by atoms with Gasteiger partial charge in [0, 0.05) is 24.7 Å². The second kappa shape index (κ2) is 7.42. The summed E-state index contributed by atoms with van der Waals surface area (Å²) >= 11 is 0. The van der Waals surface area contributed by atoms with Gasteiger partial charge in [0.15, 0.2) is 0 Å². The van der Waals surface area contributed by atoms with Crippen molar-refractivity contribution in [3.8, 4) is 0 Å². The van der Waals surface area contributed by atoms with Crippen molar-refractivity contribution in [2.24, 2.45) is 0 Å². The molecule has 2 aromatic carbocycles. The number of carbonyl (C=O) groups is 1. The highest BCUT2D eigenvalue weighted by atomic mass is 16.1. The van der Waals surface area contributed by atoms with Crippen molar-refractivity contribution in [3.05, 3.63) is 65.2 Å². The van der Waals surface area contributed by atoms with Gasteiger partial charge in [0.1, 0.15) is 0 Å². The van der Waals surface area contributed by atoms with Gasteiger partial charge in [0.2, 0.25) is 5.91 Å². The molecule has 0 spiro atoms. The Morgan fingerprint density at radius 1 is 1.04 bits per heavy atom. The van der Waals surface area contributed by atoms with Crippen molar-refractivity contribution in [3.63, 3.8) is 0 Å². The minimum Gasteiger partial charge on any atom is -0.326 e. The number of rotatable bonds is 6. The van der Waals surface area contributed by atoms with E-state index in [1.165, 1.54) is 16.7 Å². The Morgan fingerprint density at radius 3 is 2.30 bits per heavy atom. The van der Waals surface area contributed by atoms with E-state index in [-0.39, 0.29) is 5.91 Å². The Hall–Kier alpha value is -2.13. The van der Waals surface area contributed by atoms with Crippen molar-refractivity contribution < 1.29 is 4.79 Å². The summed E-state index contributed by atoms with van der Waals surface area (Å²) in [5.41, 5.74) is 5.03. The predicted molar refractivity (Wildman–Crippen MR) is 94.7 cm³/mol. The zero-order valence-electron chi connectivity index (χ0n) is 13.6. The van der Waals surface area contributed by atoms with Gasteiger partial charge in [-0.2, -0.15) is 0 Å². The van der Waals surface area contributed by atoms with Crippen molar-refractivity contribution >= 4 is 11.6 Å². The monoisotopic (exact) mass is 308 g/mol. The molecule has 0 saturated heterocycles. The molecule has 0 atom stereocenters. The summed E-state index contributed by atoms with van der Waals surface area (Å²) in [7, 11) is 0. The van der Waals surface area contributed by atoms with Gasteiger partial charge in [0.05, 0.1) is 0 Å². The number of anilines is 1. The number of hydrogen-bond donors (Lipinski definition) is 2. The van der Waals surface area contributed by atoms with Crippen LogP contribution in [0.15, 0.2) is 48.5 Å². The van der Waals surface area contributed by atoms with Gasteiger partial charge >= 0.3 is 0 Å². The number of hydrogen-bond acceptors (Lipinski definition) is 2. The maximum atomic E-state index is 12.0. The molecule has 0 saturated carbocycles. The first kappa shape index (κ1) is 15.8. The lowest BCUT2D eigenvalue weighted by molar-refractivity contribution is -0.116. The molecule has 3 rings (SSSR count). The van der Waals surface area contributed by atoms with Crippen LogP contribution in [0.5, 0.6) is 0 Å². The standard InChI is InChI=1S/C20H24N2O/c1-2-15-7-9-18(10-8-15)22-20(23)11-12-21-19-13-16-5-3-4-6-17(16)14-19/h3-10,19,21H,2,11-14H2,1H3,(H,22,23). The lowest BCUT2D eigenvalue weighted by atomic mass is 10.1. The quantitative estimate of drug-likeness (QED) is 0.859. The average Bonchev–Trinajstić information content (AvgIpc) is 2.98. The Morgan fingerprint density at radius 2 is 1.70 bits per heavy atom. The topological polar surface area (TPSA) is 41.1 Å². The smallest absolute Gasteiger partial charge is 0.225 e. The van der Waals surface area contributed by atoms with E-state index in [2.05, 4.69) is 54.0 Å². The summed E-state index contributed by atoms with van der Waals surface area (Å²) in [6.45, 7) is 2.85. The van der Waals surface area contributed by atoms with E-state index in [9.17, 15) is 4.79 Å². The second-order valence-corrected chi connectivity index (χ2v) is 6.18. The van der Waals surface area contributed by atoms with E-state index in [0.29, 0.717) is 12.5 Å². The minimum atomic E-state index is 0.0669. The predicted octanol–water partition coefficient (Wildman–Crippen LogP) is 3.33. The molecular weight excluding hydrogens is 284 g/mol. The third-order valence-electron chi connectivity index (χ3n) is 4.48. The van der Waals surface area contributed by atoms with Gasteiger partial charge in [-0.15, -0.1) is 0 Å². The Kier molecular flexibility index (Phi) is 5.09. The molecule has 3 heteroatoms. The van der Waals surface area contributed by atoms with Crippen molar-refractivity contribution in [1.82, 2.24) is 5.32 Å². The molecule has 3 nitrogen and oxygen atoms in total. The van der Waals surface area contributed by atoms with Crippen LogP contribution in [0.3, 0.4) is 0 Å². The number of carbonyl (C=O) groups excluding carboxylic acids is 1. The van der Waals surface area contributed by atoms with Crippen LogP contribution in [0.1, 0.15) is 30.0 Å². The fraction of sp³-hybridized carbons (Fsp3) is 0.350. The van der Waals surface area contributed by atoms with Crippen LogP contribution in [0.25, 0.3) is 0 Å². The normalized spacial score (nSPS) is 13.8. The number of benzene rings is 2. The highest BCUT2D eigenvalue weighted by Crippen LogP contribution is 2.21. The van der Waals surface area contributed by atoms with Crippen molar-refractivity contribution in [1.29, 1.82) is 0 Å². The van der Waals surface area contributed by atoms with Crippen molar-refractivity contribution in [2.75, 3.05) is 11.9 Å². The first-order chi connectivity index (χ1) is 11.2. The van der Waals surface area contributed by atoms with Gasteiger partial charge in [-0.25, -0.2) is 0 Å². The lowest BCUT2D eigenvalue weighted by Crippen LogP contribution is -2.32. The van der Waals surface area contributed by atoms with Crippen LogP contribution in [-0.2, 0) is 24.1 Å². The minimum absolute atomic E-state index is 0.0669. The van der Waals surface area contributed by atoms with Gasteiger partial charge in [-0.05, 0) is 48.1 Å². The summed E-state index contributed by atoms with van der Waals surface area (Å²) in [6.07, 6.45) is 3.65. The molecule has 0 aliphatic heterocycles. The molecule has 120 valence electrons. The summed E-state index contributed by atoms with van der Waals surface area (Å²) in [6, 6.07) is 17.1. The molecule has 0 aromatic heterocycles. The lowest BCUT2D eigenvalue weighted by Gasteiger charge is -2.12. The first-order valence-electron chi connectivity index (χ1n) is 8.43. The summed E-state index contributed by atoms with van der Waals surface area (Å²) in [5.74, 6) is 0.0669. The van der Waals surface area contributed by atoms with E-state index in [1.54, 1.807) is 0 Å². The van der Waals surface area contributed by atoms with Crippen LogP contribution in [0, 0.1) is 0 Å².